The van der Waals surface area contributed by atoms with Crippen LogP contribution in [0.4, 0.5) is 5.69 Å². The number of nitrogens with two attached hydrogens (primary N) is 1. The van der Waals surface area contributed by atoms with E-state index in [1.54, 1.807) is 18.2 Å². The van der Waals surface area contributed by atoms with Crippen molar-refractivity contribution in [2.24, 2.45) is 0 Å². The van der Waals surface area contributed by atoms with E-state index in [2.05, 4.69) is 4.98 Å². The molecule has 0 aliphatic carbocycles. The maximum atomic E-state index is 9.07. The van der Waals surface area contributed by atoms with Gasteiger partial charge in [0.05, 0.1) is 6.61 Å². The molecule has 102 valence electrons. The normalized spacial score (nSPS) is 10.8. The summed E-state index contributed by atoms with van der Waals surface area (Å²) >= 11 is 0. The lowest BCUT2D eigenvalue weighted by molar-refractivity contribution is 0.262. The molecule has 0 amide bonds. The number of rotatable bonds is 4. The Labute approximate surface area is 115 Å². The van der Waals surface area contributed by atoms with Crippen molar-refractivity contribution in [3.63, 3.8) is 0 Å². The van der Waals surface area contributed by atoms with E-state index >= 15 is 0 Å². The molecule has 0 aliphatic rings. The first-order valence-corrected chi connectivity index (χ1v) is 6.22. The number of oxazole rings is 1. The number of aliphatic hydroxyl groups excluding tert-OH is 1. The molecule has 3 rings (SSSR count). The fourth-order valence-corrected chi connectivity index (χ4v) is 1.93. The van der Waals surface area contributed by atoms with Crippen LogP contribution in [0.15, 0.2) is 46.9 Å². The minimum absolute atomic E-state index is 0.0145. The molecule has 5 nitrogen and oxygen atoms in total. The zero-order valence-corrected chi connectivity index (χ0v) is 10.7. The average molecular weight is 270 g/mol. The van der Waals surface area contributed by atoms with Gasteiger partial charge in [0.25, 0.3) is 0 Å². The molecule has 0 radical (unpaired) electrons. The van der Waals surface area contributed by atoms with Crippen LogP contribution in [0, 0.1) is 0 Å². The summed E-state index contributed by atoms with van der Waals surface area (Å²) in [6, 6.07) is 12.6. The van der Waals surface area contributed by atoms with Crippen molar-refractivity contribution in [2.45, 2.75) is 13.2 Å². The summed E-state index contributed by atoms with van der Waals surface area (Å²) in [6.07, 6.45) is 0. The van der Waals surface area contributed by atoms with Gasteiger partial charge in [-0.15, -0.1) is 0 Å². The summed E-state index contributed by atoms with van der Waals surface area (Å²) < 4.78 is 11.2. The van der Waals surface area contributed by atoms with Crippen molar-refractivity contribution in [1.82, 2.24) is 4.98 Å². The van der Waals surface area contributed by atoms with Crippen molar-refractivity contribution < 1.29 is 14.3 Å². The van der Waals surface area contributed by atoms with Gasteiger partial charge < -0.3 is 20.0 Å². The number of benzene rings is 2. The van der Waals surface area contributed by atoms with Gasteiger partial charge in [-0.2, -0.15) is 0 Å². The molecule has 0 atom stereocenters. The van der Waals surface area contributed by atoms with Crippen LogP contribution in [0.25, 0.3) is 11.1 Å². The second kappa shape index (κ2) is 5.22. The van der Waals surface area contributed by atoms with Gasteiger partial charge in [-0.1, -0.05) is 12.1 Å². The zero-order chi connectivity index (χ0) is 13.9. The molecule has 1 aromatic heterocycles. The monoisotopic (exact) mass is 270 g/mol. The lowest BCUT2D eigenvalue weighted by Crippen LogP contribution is -1.96. The molecule has 20 heavy (non-hydrogen) atoms. The molecule has 0 bridgehead atoms. The van der Waals surface area contributed by atoms with Crippen LogP contribution in [-0.4, -0.2) is 10.1 Å². The molecule has 0 aliphatic heterocycles. The van der Waals surface area contributed by atoms with Crippen LogP contribution < -0.4 is 10.5 Å². The Bertz CT molecular complexity index is 737. The van der Waals surface area contributed by atoms with Crippen LogP contribution >= 0.6 is 0 Å². The van der Waals surface area contributed by atoms with E-state index in [0.29, 0.717) is 22.9 Å². The van der Waals surface area contributed by atoms with Crippen LogP contribution in [0.2, 0.25) is 0 Å². The topological polar surface area (TPSA) is 81.5 Å². The van der Waals surface area contributed by atoms with E-state index < -0.39 is 0 Å². The van der Waals surface area contributed by atoms with E-state index in [9.17, 15) is 0 Å². The third kappa shape index (κ3) is 2.57. The maximum Gasteiger partial charge on any atom is 0.233 e. The van der Waals surface area contributed by atoms with Gasteiger partial charge in [-0.3, -0.25) is 0 Å². The molecule has 0 saturated heterocycles. The van der Waals surface area contributed by atoms with Gasteiger partial charge in [0.2, 0.25) is 5.89 Å². The van der Waals surface area contributed by atoms with E-state index in [0.717, 1.165) is 11.1 Å². The number of aliphatic hydroxyl groups is 1. The number of hydrogen-bond acceptors (Lipinski definition) is 5. The number of anilines is 1. The predicted octanol–water partition coefficient (Wildman–Crippen LogP) is 2.48. The Morgan fingerprint density at radius 1 is 1.20 bits per heavy atom. The first kappa shape index (κ1) is 12.5. The Hall–Kier alpha value is -2.53. The minimum atomic E-state index is -0.0145. The molecule has 0 spiro atoms. The smallest absolute Gasteiger partial charge is 0.233 e. The Morgan fingerprint density at radius 2 is 2.10 bits per heavy atom. The minimum Gasteiger partial charge on any atom is -0.484 e. The summed E-state index contributed by atoms with van der Waals surface area (Å²) in [4.78, 5) is 4.31. The first-order chi connectivity index (χ1) is 9.74. The lowest BCUT2D eigenvalue weighted by atomic mass is 10.2. The Balaban J connectivity index is 1.76. The Morgan fingerprint density at radius 3 is 2.95 bits per heavy atom. The average Bonchev–Trinajstić information content (AvgIpc) is 2.87. The largest absolute Gasteiger partial charge is 0.484 e. The number of hydrogen-bond donors (Lipinski definition) is 2. The van der Waals surface area contributed by atoms with Gasteiger partial charge in [-0.25, -0.2) is 4.98 Å². The third-order valence-corrected chi connectivity index (χ3v) is 2.90. The summed E-state index contributed by atoms with van der Waals surface area (Å²) in [6.45, 7) is 0.211. The van der Waals surface area contributed by atoms with E-state index in [-0.39, 0.29) is 13.2 Å². The molecular weight excluding hydrogens is 256 g/mol. The number of nitrogen functional groups attached to an aromatic ring is 1. The number of aromatic nitrogens is 1. The first-order valence-electron chi connectivity index (χ1n) is 6.22. The molecule has 1 heterocycles. The second-order valence-corrected chi connectivity index (χ2v) is 4.43. The fraction of sp³-hybridized carbons (Fsp3) is 0.133. The van der Waals surface area contributed by atoms with Gasteiger partial charge in [0.15, 0.2) is 12.2 Å². The molecular formula is C15H14N2O3. The molecule has 2 aromatic carbocycles. The van der Waals surface area contributed by atoms with Crippen molar-refractivity contribution in [1.29, 1.82) is 0 Å². The van der Waals surface area contributed by atoms with Crippen LogP contribution in [0.1, 0.15) is 11.5 Å². The lowest BCUT2D eigenvalue weighted by Gasteiger charge is -2.04. The van der Waals surface area contributed by atoms with Crippen LogP contribution in [0.5, 0.6) is 5.75 Å². The predicted molar refractivity (Wildman–Crippen MR) is 75.1 cm³/mol. The van der Waals surface area contributed by atoms with Crippen LogP contribution in [-0.2, 0) is 13.2 Å². The van der Waals surface area contributed by atoms with Gasteiger partial charge in [0.1, 0.15) is 11.3 Å². The third-order valence-electron chi connectivity index (χ3n) is 2.90. The highest BCUT2D eigenvalue weighted by Gasteiger charge is 2.07. The maximum absolute atomic E-state index is 9.07. The zero-order valence-electron chi connectivity index (χ0n) is 10.7. The molecule has 0 saturated carbocycles. The van der Waals surface area contributed by atoms with E-state index in [4.69, 9.17) is 20.0 Å². The Kier molecular flexibility index (Phi) is 3.26. The van der Waals surface area contributed by atoms with E-state index in [1.807, 2.05) is 24.3 Å². The number of fused-ring (bicyclic) bond motifs is 1. The molecule has 3 N–H and O–H groups in total. The van der Waals surface area contributed by atoms with Crippen LogP contribution in [0.3, 0.4) is 0 Å². The highest BCUT2D eigenvalue weighted by atomic mass is 16.5. The molecule has 3 aromatic rings. The van der Waals surface area contributed by atoms with Crippen molar-refractivity contribution in [2.75, 3.05) is 5.73 Å². The summed E-state index contributed by atoms with van der Waals surface area (Å²) in [5, 5.41) is 9.07. The molecule has 5 heteroatoms. The SMILES string of the molecule is Nc1ccc2nc(COc3cccc(CO)c3)oc2c1. The number of nitrogens with zero attached hydrogens (tertiary/aromatic N) is 1. The fourth-order valence-electron chi connectivity index (χ4n) is 1.93. The van der Waals surface area contributed by atoms with Gasteiger partial charge in [-0.05, 0) is 29.8 Å². The van der Waals surface area contributed by atoms with Crippen molar-refractivity contribution in [3.05, 3.63) is 53.9 Å². The van der Waals surface area contributed by atoms with Gasteiger partial charge in [0, 0.05) is 11.8 Å². The summed E-state index contributed by atoms with van der Waals surface area (Å²) in [5.74, 6) is 1.15. The quantitative estimate of drug-likeness (QED) is 0.712. The van der Waals surface area contributed by atoms with E-state index in [1.165, 1.54) is 0 Å². The molecule has 0 unspecified atom stereocenters. The standard InChI is InChI=1S/C15H14N2O3/c16-11-4-5-13-14(7-11)20-15(17-13)9-19-12-3-1-2-10(6-12)8-18/h1-7,18H,8-9,16H2. The van der Waals surface area contributed by atoms with Crippen molar-refractivity contribution >= 4 is 16.8 Å². The van der Waals surface area contributed by atoms with Crippen molar-refractivity contribution in [3.8, 4) is 5.75 Å². The molecule has 0 fully saturated rings. The second-order valence-electron chi connectivity index (χ2n) is 4.43. The summed E-state index contributed by atoms with van der Waals surface area (Å²) in [7, 11) is 0. The highest BCUT2D eigenvalue weighted by molar-refractivity contribution is 5.76. The highest BCUT2D eigenvalue weighted by Crippen LogP contribution is 2.20. The summed E-state index contributed by atoms with van der Waals surface area (Å²) in [5.41, 5.74) is 8.52. The number of ether oxygens (including phenoxy) is 1. The van der Waals surface area contributed by atoms with Gasteiger partial charge >= 0.3 is 0 Å².